The van der Waals surface area contributed by atoms with Gasteiger partial charge in [-0.15, -0.1) is 11.3 Å². The number of nitrogens with one attached hydrogen (secondary N) is 1. The molecule has 0 radical (unpaired) electrons. The Balaban J connectivity index is 2.18. The predicted molar refractivity (Wildman–Crippen MR) is 87.7 cm³/mol. The molecule has 0 saturated heterocycles. The summed E-state index contributed by atoms with van der Waals surface area (Å²) in [4.78, 5) is 30.0. The second-order valence-electron chi connectivity index (χ2n) is 4.88. The number of nitrogens with zero attached hydrogens (tertiary/aromatic N) is 2. The maximum atomic E-state index is 12.3. The summed E-state index contributed by atoms with van der Waals surface area (Å²) in [6.45, 7) is 8.06. The molecular formula is C15H21N3O3S. The van der Waals surface area contributed by atoms with Crippen LogP contribution >= 0.6 is 11.3 Å². The van der Waals surface area contributed by atoms with E-state index in [1.165, 1.54) is 17.7 Å². The second-order valence-corrected chi connectivity index (χ2v) is 5.88. The molecule has 2 heterocycles. The van der Waals surface area contributed by atoms with Crippen LogP contribution in [0.1, 0.15) is 35.5 Å². The summed E-state index contributed by atoms with van der Waals surface area (Å²) in [5.41, 5.74) is 0.624. The molecule has 0 spiro atoms. The molecule has 2 rings (SSSR count). The lowest BCUT2D eigenvalue weighted by Crippen LogP contribution is -2.25. The van der Waals surface area contributed by atoms with Gasteiger partial charge in [0.2, 0.25) is 0 Å². The van der Waals surface area contributed by atoms with Crippen molar-refractivity contribution < 1.29 is 9.53 Å². The van der Waals surface area contributed by atoms with E-state index in [9.17, 15) is 9.59 Å². The van der Waals surface area contributed by atoms with Crippen LogP contribution in [0.15, 0.2) is 11.1 Å². The number of thiophene rings is 1. The molecule has 0 fully saturated rings. The highest BCUT2D eigenvalue weighted by Gasteiger charge is 2.18. The van der Waals surface area contributed by atoms with E-state index in [4.69, 9.17) is 4.74 Å². The van der Waals surface area contributed by atoms with Gasteiger partial charge in [-0.1, -0.05) is 0 Å². The number of ether oxygens (including phenoxy) is 1. The van der Waals surface area contributed by atoms with Crippen LogP contribution in [-0.2, 0) is 11.3 Å². The van der Waals surface area contributed by atoms with E-state index in [2.05, 4.69) is 10.3 Å². The van der Waals surface area contributed by atoms with Gasteiger partial charge in [0.15, 0.2) is 0 Å². The van der Waals surface area contributed by atoms with Gasteiger partial charge in [0.25, 0.3) is 11.5 Å². The number of aromatic nitrogens is 2. The second kappa shape index (κ2) is 7.51. The number of carbonyl (C=O) groups is 1. The minimum Gasteiger partial charge on any atom is -0.382 e. The summed E-state index contributed by atoms with van der Waals surface area (Å²) in [6.07, 6.45) is 2.30. The standard InChI is InChI=1S/C15H21N3O3S/c1-4-18-9-17-14-11(15(18)20)10(3)12(22-14)13(19)16-7-6-8-21-5-2/h9H,4-8H2,1-3H3,(H,16,19). The molecule has 0 aliphatic carbocycles. The number of rotatable bonds is 7. The highest BCUT2D eigenvalue weighted by atomic mass is 32.1. The van der Waals surface area contributed by atoms with Crippen LogP contribution in [0.4, 0.5) is 0 Å². The maximum absolute atomic E-state index is 12.3. The van der Waals surface area contributed by atoms with Crippen molar-refractivity contribution in [3.8, 4) is 0 Å². The number of aryl methyl sites for hydroxylation is 2. The van der Waals surface area contributed by atoms with Gasteiger partial charge in [-0.05, 0) is 32.8 Å². The van der Waals surface area contributed by atoms with E-state index in [1.54, 1.807) is 11.5 Å². The van der Waals surface area contributed by atoms with Gasteiger partial charge in [-0.2, -0.15) is 0 Å². The van der Waals surface area contributed by atoms with E-state index >= 15 is 0 Å². The number of carbonyl (C=O) groups excluding carboxylic acids is 1. The van der Waals surface area contributed by atoms with Crippen molar-refractivity contribution in [1.29, 1.82) is 0 Å². The summed E-state index contributed by atoms with van der Waals surface area (Å²) < 4.78 is 6.78. The van der Waals surface area contributed by atoms with Gasteiger partial charge in [0, 0.05) is 26.3 Å². The molecule has 0 aromatic carbocycles. The Morgan fingerprint density at radius 1 is 1.45 bits per heavy atom. The van der Waals surface area contributed by atoms with Crippen LogP contribution in [0.3, 0.4) is 0 Å². The third kappa shape index (κ3) is 3.36. The first-order chi connectivity index (χ1) is 10.6. The Morgan fingerprint density at radius 2 is 2.23 bits per heavy atom. The van der Waals surface area contributed by atoms with E-state index in [0.717, 1.165) is 6.42 Å². The molecule has 0 saturated carbocycles. The Morgan fingerprint density at radius 3 is 2.91 bits per heavy atom. The largest absolute Gasteiger partial charge is 0.382 e. The molecule has 1 N–H and O–H groups in total. The lowest BCUT2D eigenvalue weighted by molar-refractivity contribution is 0.0948. The van der Waals surface area contributed by atoms with Crippen LogP contribution in [0.25, 0.3) is 10.2 Å². The number of amides is 1. The molecule has 7 heteroatoms. The van der Waals surface area contributed by atoms with Gasteiger partial charge in [0.1, 0.15) is 4.83 Å². The molecule has 0 bridgehead atoms. The third-order valence-corrected chi connectivity index (χ3v) is 4.62. The zero-order valence-electron chi connectivity index (χ0n) is 13.1. The fourth-order valence-corrected chi connectivity index (χ4v) is 3.26. The molecule has 0 aliphatic rings. The smallest absolute Gasteiger partial charge is 0.262 e. The molecule has 0 aliphatic heterocycles. The zero-order valence-corrected chi connectivity index (χ0v) is 14.0. The van der Waals surface area contributed by atoms with E-state index in [0.29, 0.717) is 47.0 Å². The SMILES string of the molecule is CCOCCCNC(=O)c1sc2ncn(CC)c(=O)c2c1C. The highest BCUT2D eigenvalue weighted by Crippen LogP contribution is 2.26. The van der Waals surface area contributed by atoms with Crippen LogP contribution in [0, 0.1) is 6.92 Å². The molecule has 1 amide bonds. The van der Waals surface area contributed by atoms with Crippen LogP contribution in [0.5, 0.6) is 0 Å². The van der Waals surface area contributed by atoms with Gasteiger partial charge in [-0.3, -0.25) is 14.2 Å². The Labute approximate surface area is 133 Å². The van der Waals surface area contributed by atoms with Crippen molar-refractivity contribution in [2.45, 2.75) is 33.7 Å². The van der Waals surface area contributed by atoms with Crippen molar-refractivity contribution >= 4 is 27.5 Å². The molecule has 22 heavy (non-hydrogen) atoms. The quantitative estimate of drug-likeness (QED) is 0.790. The number of hydrogen-bond acceptors (Lipinski definition) is 5. The summed E-state index contributed by atoms with van der Waals surface area (Å²) >= 11 is 1.27. The topological polar surface area (TPSA) is 73.2 Å². The van der Waals surface area contributed by atoms with Crippen molar-refractivity contribution in [1.82, 2.24) is 14.9 Å². The Bertz CT molecular complexity index is 721. The van der Waals surface area contributed by atoms with Crippen LogP contribution in [-0.4, -0.2) is 35.2 Å². The van der Waals surface area contributed by atoms with Gasteiger partial charge in [0.05, 0.1) is 16.6 Å². The first kappa shape index (κ1) is 16.6. The minimum atomic E-state index is -0.153. The molecule has 2 aromatic rings. The first-order valence-corrected chi connectivity index (χ1v) is 8.26. The Kier molecular flexibility index (Phi) is 5.68. The van der Waals surface area contributed by atoms with Crippen molar-refractivity contribution in [3.63, 3.8) is 0 Å². The zero-order chi connectivity index (χ0) is 16.1. The maximum Gasteiger partial charge on any atom is 0.262 e. The average Bonchev–Trinajstić information content (AvgIpc) is 2.85. The minimum absolute atomic E-state index is 0.0864. The molecule has 6 nitrogen and oxygen atoms in total. The van der Waals surface area contributed by atoms with E-state index in [1.807, 2.05) is 13.8 Å². The fraction of sp³-hybridized carbons (Fsp3) is 0.533. The highest BCUT2D eigenvalue weighted by molar-refractivity contribution is 7.20. The number of fused-ring (bicyclic) bond motifs is 1. The molecule has 2 aromatic heterocycles. The van der Waals surface area contributed by atoms with E-state index in [-0.39, 0.29) is 11.5 Å². The van der Waals surface area contributed by atoms with Gasteiger partial charge in [-0.25, -0.2) is 4.98 Å². The normalized spacial score (nSPS) is 11.0. The first-order valence-electron chi connectivity index (χ1n) is 7.44. The summed E-state index contributed by atoms with van der Waals surface area (Å²) in [5, 5.41) is 3.41. The van der Waals surface area contributed by atoms with Gasteiger partial charge >= 0.3 is 0 Å². The van der Waals surface area contributed by atoms with Crippen molar-refractivity contribution in [3.05, 3.63) is 27.1 Å². The van der Waals surface area contributed by atoms with E-state index < -0.39 is 0 Å². The predicted octanol–water partition coefficient (Wildman–Crippen LogP) is 1.94. The monoisotopic (exact) mass is 323 g/mol. The lowest BCUT2D eigenvalue weighted by atomic mass is 10.2. The fourth-order valence-electron chi connectivity index (χ4n) is 2.20. The lowest BCUT2D eigenvalue weighted by Gasteiger charge is -2.04. The van der Waals surface area contributed by atoms with Crippen LogP contribution in [0.2, 0.25) is 0 Å². The van der Waals surface area contributed by atoms with Gasteiger partial charge < -0.3 is 10.1 Å². The molecule has 0 unspecified atom stereocenters. The number of hydrogen-bond donors (Lipinski definition) is 1. The Hall–Kier alpha value is -1.73. The summed E-state index contributed by atoms with van der Waals surface area (Å²) in [6, 6.07) is 0. The molecular weight excluding hydrogens is 302 g/mol. The molecule has 0 atom stereocenters. The van der Waals surface area contributed by atoms with Crippen molar-refractivity contribution in [2.75, 3.05) is 19.8 Å². The molecule has 120 valence electrons. The van der Waals surface area contributed by atoms with Crippen LogP contribution < -0.4 is 10.9 Å². The summed E-state index contributed by atoms with van der Waals surface area (Å²) in [7, 11) is 0. The van der Waals surface area contributed by atoms with Crippen molar-refractivity contribution in [2.24, 2.45) is 0 Å². The third-order valence-electron chi connectivity index (χ3n) is 3.42. The summed E-state index contributed by atoms with van der Waals surface area (Å²) in [5.74, 6) is -0.153. The average molecular weight is 323 g/mol.